The third-order valence-corrected chi connectivity index (χ3v) is 2.77. The topological polar surface area (TPSA) is 55.1 Å². The Labute approximate surface area is 117 Å². The highest BCUT2D eigenvalue weighted by molar-refractivity contribution is 5.37. The van der Waals surface area contributed by atoms with E-state index in [2.05, 4.69) is 16.8 Å². The van der Waals surface area contributed by atoms with Crippen LogP contribution in [0.1, 0.15) is 23.2 Å². The zero-order valence-electron chi connectivity index (χ0n) is 11.3. The van der Waals surface area contributed by atoms with Crippen molar-refractivity contribution in [1.82, 2.24) is 9.55 Å². The summed E-state index contributed by atoms with van der Waals surface area (Å²) >= 11 is 0. The molecule has 0 amide bonds. The van der Waals surface area contributed by atoms with Crippen LogP contribution in [-0.2, 0) is 6.54 Å². The Morgan fingerprint density at radius 3 is 2.95 bits per heavy atom. The van der Waals surface area contributed by atoms with Crippen LogP contribution >= 0.6 is 0 Å². The second kappa shape index (κ2) is 6.69. The number of aryl methyl sites for hydroxylation is 1. The number of aromatic nitrogens is 2. The standard InChI is InChI=1S/C16H16N2O2/c1-13-9-16(20)18(12-17-13)11-15-7-4-6-14(10-15)5-2-3-8-19/h4,6-7,9-10,12,19H,3,8,11H2,1H3. The first kappa shape index (κ1) is 14.0. The quantitative estimate of drug-likeness (QED) is 0.855. The number of hydrogen-bond donors (Lipinski definition) is 1. The molecule has 2 rings (SSSR count). The van der Waals surface area contributed by atoms with Crippen LogP contribution in [-0.4, -0.2) is 21.3 Å². The summed E-state index contributed by atoms with van der Waals surface area (Å²) < 4.78 is 1.56. The minimum atomic E-state index is -0.0609. The Hall–Kier alpha value is -2.38. The molecule has 4 heteroatoms. The van der Waals surface area contributed by atoms with E-state index in [9.17, 15) is 4.79 Å². The van der Waals surface area contributed by atoms with E-state index in [0.29, 0.717) is 13.0 Å². The van der Waals surface area contributed by atoms with Gasteiger partial charge in [-0.3, -0.25) is 9.36 Å². The van der Waals surface area contributed by atoms with Crippen LogP contribution in [0.2, 0.25) is 0 Å². The van der Waals surface area contributed by atoms with Crippen LogP contribution in [0.5, 0.6) is 0 Å². The van der Waals surface area contributed by atoms with E-state index in [4.69, 9.17) is 5.11 Å². The summed E-state index contributed by atoms with van der Waals surface area (Å²) in [6, 6.07) is 9.22. The molecular weight excluding hydrogens is 252 g/mol. The van der Waals surface area contributed by atoms with Gasteiger partial charge in [0, 0.05) is 23.7 Å². The van der Waals surface area contributed by atoms with Crippen LogP contribution in [0.25, 0.3) is 0 Å². The third kappa shape index (κ3) is 3.81. The maximum Gasteiger partial charge on any atom is 0.253 e. The monoisotopic (exact) mass is 268 g/mol. The van der Waals surface area contributed by atoms with Crippen molar-refractivity contribution in [3.05, 3.63) is 63.8 Å². The molecule has 0 saturated heterocycles. The van der Waals surface area contributed by atoms with Crippen molar-refractivity contribution in [1.29, 1.82) is 0 Å². The summed E-state index contributed by atoms with van der Waals surface area (Å²) in [6.45, 7) is 2.34. The van der Waals surface area contributed by atoms with E-state index in [1.54, 1.807) is 17.8 Å². The van der Waals surface area contributed by atoms with Crippen molar-refractivity contribution in [2.24, 2.45) is 0 Å². The number of rotatable bonds is 3. The molecule has 0 bridgehead atoms. The van der Waals surface area contributed by atoms with Crippen molar-refractivity contribution >= 4 is 0 Å². The zero-order chi connectivity index (χ0) is 14.4. The molecule has 0 aliphatic rings. The molecule has 0 fully saturated rings. The lowest BCUT2D eigenvalue weighted by molar-refractivity contribution is 0.305. The Morgan fingerprint density at radius 2 is 2.20 bits per heavy atom. The maximum atomic E-state index is 11.8. The highest BCUT2D eigenvalue weighted by Crippen LogP contribution is 2.05. The van der Waals surface area contributed by atoms with Crippen molar-refractivity contribution in [2.45, 2.75) is 19.9 Å². The van der Waals surface area contributed by atoms with Gasteiger partial charge in [-0.1, -0.05) is 24.0 Å². The van der Waals surface area contributed by atoms with Gasteiger partial charge in [0.15, 0.2) is 0 Å². The van der Waals surface area contributed by atoms with Gasteiger partial charge < -0.3 is 5.11 Å². The maximum absolute atomic E-state index is 11.8. The Morgan fingerprint density at radius 1 is 1.35 bits per heavy atom. The SMILES string of the molecule is Cc1cc(=O)n(Cc2cccc(C#CCCO)c2)cn1. The Kier molecular flexibility index (Phi) is 4.70. The second-order valence-corrected chi connectivity index (χ2v) is 4.47. The molecule has 1 heterocycles. The van der Waals surface area contributed by atoms with Crippen LogP contribution in [0, 0.1) is 18.8 Å². The van der Waals surface area contributed by atoms with E-state index in [-0.39, 0.29) is 12.2 Å². The van der Waals surface area contributed by atoms with Crippen molar-refractivity contribution < 1.29 is 5.11 Å². The molecule has 1 N–H and O–H groups in total. The molecule has 0 radical (unpaired) electrons. The Bertz CT molecular complexity index is 708. The summed E-state index contributed by atoms with van der Waals surface area (Å²) in [4.78, 5) is 15.9. The fourth-order valence-corrected chi connectivity index (χ4v) is 1.80. The van der Waals surface area contributed by atoms with Crippen molar-refractivity contribution in [3.63, 3.8) is 0 Å². The predicted octanol–water partition coefficient (Wildman–Crippen LogP) is 1.33. The molecule has 0 atom stereocenters. The predicted molar refractivity (Wildman–Crippen MR) is 77.4 cm³/mol. The van der Waals surface area contributed by atoms with Gasteiger partial charge in [-0.25, -0.2) is 4.98 Å². The summed E-state index contributed by atoms with van der Waals surface area (Å²) in [5.74, 6) is 5.86. The first-order valence-electron chi connectivity index (χ1n) is 6.41. The third-order valence-electron chi connectivity index (χ3n) is 2.77. The first-order chi connectivity index (χ1) is 9.69. The van der Waals surface area contributed by atoms with Gasteiger partial charge in [-0.15, -0.1) is 0 Å². The lowest BCUT2D eigenvalue weighted by atomic mass is 10.1. The number of aliphatic hydroxyl groups is 1. The molecule has 2 aromatic rings. The highest BCUT2D eigenvalue weighted by Gasteiger charge is 1.99. The molecular formula is C16H16N2O2. The highest BCUT2D eigenvalue weighted by atomic mass is 16.2. The first-order valence-corrected chi connectivity index (χ1v) is 6.41. The normalized spacial score (nSPS) is 9.90. The molecule has 0 aliphatic carbocycles. The van der Waals surface area contributed by atoms with Gasteiger partial charge >= 0.3 is 0 Å². The smallest absolute Gasteiger partial charge is 0.253 e. The van der Waals surface area contributed by atoms with Gasteiger partial charge in [0.2, 0.25) is 0 Å². The average Bonchev–Trinajstić information content (AvgIpc) is 2.43. The molecule has 4 nitrogen and oxygen atoms in total. The average molecular weight is 268 g/mol. The van der Waals surface area contributed by atoms with Crippen LogP contribution in [0.3, 0.4) is 0 Å². The van der Waals surface area contributed by atoms with E-state index < -0.39 is 0 Å². The summed E-state index contributed by atoms with van der Waals surface area (Å²) in [6.07, 6.45) is 2.02. The number of aliphatic hydroxyl groups excluding tert-OH is 1. The van der Waals surface area contributed by atoms with Crippen LogP contribution < -0.4 is 5.56 Å². The summed E-state index contributed by atoms with van der Waals surface area (Å²) in [7, 11) is 0. The van der Waals surface area contributed by atoms with Gasteiger partial charge in [0.05, 0.1) is 19.5 Å². The van der Waals surface area contributed by atoms with Crippen molar-refractivity contribution in [3.8, 4) is 11.8 Å². The van der Waals surface area contributed by atoms with Gasteiger partial charge in [-0.2, -0.15) is 0 Å². The molecule has 0 aliphatic heterocycles. The fraction of sp³-hybridized carbons (Fsp3) is 0.250. The van der Waals surface area contributed by atoms with Gasteiger partial charge in [0.25, 0.3) is 5.56 Å². The summed E-state index contributed by atoms with van der Waals surface area (Å²) in [5.41, 5.74) is 2.53. The minimum absolute atomic E-state index is 0.0609. The van der Waals surface area contributed by atoms with E-state index in [1.807, 2.05) is 24.3 Å². The molecule has 0 unspecified atom stereocenters. The zero-order valence-corrected chi connectivity index (χ0v) is 11.3. The van der Waals surface area contributed by atoms with E-state index >= 15 is 0 Å². The number of benzene rings is 1. The largest absolute Gasteiger partial charge is 0.395 e. The van der Waals surface area contributed by atoms with Gasteiger partial charge in [0.1, 0.15) is 0 Å². The summed E-state index contributed by atoms with van der Waals surface area (Å²) in [5, 5.41) is 8.70. The lowest BCUT2D eigenvalue weighted by Crippen LogP contribution is -2.20. The number of nitrogens with zero attached hydrogens (tertiary/aromatic N) is 2. The number of hydrogen-bond acceptors (Lipinski definition) is 3. The van der Waals surface area contributed by atoms with Crippen LogP contribution in [0.15, 0.2) is 41.5 Å². The van der Waals surface area contributed by atoms with Crippen LogP contribution in [0.4, 0.5) is 0 Å². The lowest BCUT2D eigenvalue weighted by Gasteiger charge is -2.05. The Balaban J connectivity index is 2.20. The fourth-order valence-electron chi connectivity index (χ4n) is 1.80. The molecule has 102 valence electrons. The van der Waals surface area contributed by atoms with Gasteiger partial charge in [-0.05, 0) is 24.6 Å². The second-order valence-electron chi connectivity index (χ2n) is 4.47. The van der Waals surface area contributed by atoms with E-state index in [0.717, 1.165) is 16.8 Å². The molecule has 1 aromatic carbocycles. The molecule has 20 heavy (non-hydrogen) atoms. The minimum Gasteiger partial charge on any atom is -0.395 e. The molecule has 0 spiro atoms. The molecule has 0 saturated carbocycles. The van der Waals surface area contributed by atoms with Crippen molar-refractivity contribution in [2.75, 3.05) is 6.61 Å². The van der Waals surface area contributed by atoms with E-state index in [1.165, 1.54) is 6.07 Å². The molecule has 1 aromatic heterocycles.